The zero-order chi connectivity index (χ0) is 22.8. The number of fused-ring (bicyclic) bond motifs is 4. The van der Waals surface area contributed by atoms with Crippen LogP contribution in [0.5, 0.6) is 11.5 Å². The highest BCUT2D eigenvalue weighted by Crippen LogP contribution is 2.45. The van der Waals surface area contributed by atoms with Crippen LogP contribution in [0.15, 0.2) is 18.5 Å². The van der Waals surface area contributed by atoms with Crippen molar-refractivity contribution in [1.82, 2.24) is 19.9 Å². The SMILES string of the molecule is C[C@@H]1COCC2COc3c(nc(-c4c(O)cnc5[nH]ccc45)nc3C(C)(C)S(C)(=O)=O)N21. The molecule has 5 heterocycles. The van der Waals surface area contributed by atoms with E-state index in [4.69, 9.17) is 14.5 Å². The normalized spacial score (nSPS) is 21.2. The van der Waals surface area contributed by atoms with Gasteiger partial charge in [0.1, 0.15) is 28.4 Å². The minimum absolute atomic E-state index is 0.00617. The Balaban J connectivity index is 1.84. The zero-order valence-corrected chi connectivity index (χ0v) is 19.1. The number of aromatic hydroxyl groups is 1. The smallest absolute Gasteiger partial charge is 0.185 e. The predicted molar refractivity (Wildman–Crippen MR) is 119 cm³/mol. The lowest BCUT2D eigenvalue weighted by atomic mass is 10.0. The summed E-state index contributed by atoms with van der Waals surface area (Å²) in [4.78, 5) is 18.8. The highest BCUT2D eigenvalue weighted by atomic mass is 32.2. The van der Waals surface area contributed by atoms with Gasteiger partial charge in [-0.05, 0) is 26.8 Å². The molecule has 0 spiro atoms. The molecule has 2 aliphatic rings. The molecule has 2 aliphatic heterocycles. The molecule has 3 aromatic heterocycles. The average Bonchev–Trinajstić information content (AvgIpc) is 3.20. The minimum Gasteiger partial charge on any atom is -0.506 e. The van der Waals surface area contributed by atoms with Gasteiger partial charge in [0.2, 0.25) is 0 Å². The largest absolute Gasteiger partial charge is 0.506 e. The second-order valence-corrected chi connectivity index (χ2v) is 11.4. The van der Waals surface area contributed by atoms with Crippen molar-refractivity contribution in [2.75, 3.05) is 31.0 Å². The molecule has 3 aromatic rings. The number of sulfone groups is 1. The number of hydrogen-bond donors (Lipinski definition) is 2. The molecule has 0 bridgehead atoms. The van der Waals surface area contributed by atoms with E-state index in [-0.39, 0.29) is 29.4 Å². The molecular formula is C21H25N5O5S. The molecule has 0 amide bonds. The lowest BCUT2D eigenvalue weighted by Crippen LogP contribution is -2.56. The summed E-state index contributed by atoms with van der Waals surface area (Å²) in [6.07, 6.45) is 4.22. The molecular weight excluding hydrogens is 434 g/mol. The van der Waals surface area contributed by atoms with Crippen molar-refractivity contribution < 1.29 is 23.0 Å². The number of nitrogens with one attached hydrogen (secondary N) is 1. The van der Waals surface area contributed by atoms with Crippen LogP contribution in [0.3, 0.4) is 0 Å². The topological polar surface area (TPSA) is 131 Å². The molecule has 10 nitrogen and oxygen atoms in total. The molecule has 1 unspecified atom stereocenters. The number of aromatic amines is 1. The standard InChI is InChI=1S/C21H25N5O5S/c1-11-8-30-9-12-10-31-16-17(21(2,3)32(4,28)29)24-19(25-20(16)26(11)12)15-13-5-6-22-18(13)23-7-14(15)27/h5-7,11-12,27H,8-10H2,1-4H3,(H,22,23)/t11-,12?/m1/s1. The number of anilines is 1. The molecule has 0 aliphatic carbocycles. The molecule has 32 heavy (non-hydrogen) atoms. The summed E-state index contributed by atoms with van der Waals surface area (Å²) in [5, 5.41) is 11.3. The number of morpholine rings is 1. The number of nitrogens with zero attached hydrogens (tertiary/aromatic N) is 4. The Morgan fingerprint density at radius 2 is 2.03 bits per heavy atom. The van der Waals surface area contributed by atoms with E-state index in [2.05, 4.69) is 19.9 Å². The van der Waals surface area contributed by atoms with Crippen LogP contribution in [0, 0.1) is 0 Å². The van der Waals surface area contributed by atoms with Crippen LogP contribution in [0.4, 0.5) is 5.82 Å². The van der Waals surface area contributed by atoms with Gasteiger partial charge in [-0.2, -0.15) is 0 Å². The monoisotopic (exact) mass is 459 g/mol. The van der Waals surface area contributed by atoms with Crippen LogP contribution in [0.25, 0.3) is 22.4 Å². The second kappa shape index (κ2) is 7.04. The van der Waals surface area contributed by atoms with Gasteiger partial charge in [-0.15, -0.1) is 0 Å². The number of hydrogen-bond acceptors (Lipinski definition) is 9. The molecule has 11 heteroatoms. The fourth-order valence-electron chi connectivity index (χ4n) is 4.26. The van der Waals surface area contributed by atoms with Crippen molar-refractivity contribution in [3.05, 3.63) is 24.2 Å². The average molecular weight is 460 g/mol. The number of H-pyrrole nitrogens is 1. The van der Waals surface area contributed by atoms with E-state index in [9.17, 15) is 13.5 Å². The Morgan fingerprint density at radius 3 is 2.78 bits per heavy atom. The van der Waals surface area contributed by atoms with Crippen LogP contribution < -0.4 is 9.64 Å². The minimum atomic E-state index is -3.57. The fraction of sp³-hybridized carbons (Fsp3) is 0.476. The predicted octanol–water partition coefficient (Wildman–Crippen LogP) is 1.99. The number of aromatic nitrogens is 4. The zero-order valence-electron chi connectivity index (χ0n) is 18.3. The molecule has 5 rings (SSSR count). The molecule has 1 saturated heterocycles. The van der Waals surface area contributed by atoms with E-state index in [0.717, 1.165) is 0 Å². The Morgan fingerprint density at radius 1 is 1.25 bits per heavy atom. The molecule has 0 aromatic carbocycles. The first-order chi connectivity index (χ1) is 15.1. The lowest BCUT2D eigenvalue weighted by Gasteiger charge is -2.45. The summed E-state index contributed by atoms with van der Waals surface area (Å²) in [7, 11) is -3.57. The first-order valence-corrected chi connectivity index (χ1v) is 12.2. The molecule has 2 N–H and O–H groups in total. The molecule has 170 valence electrons. The van der Waals surface area contributed by atoms with Gasteiger partial charge in [0.05, 0.1) is 37.1 Å². The molecule has 2 atom stereocenters. The van der Waals surface area contributed by atoms with Gasteiger partial charge in [0, 0.05) is 17.8 Å². The second-order valence-electron chi connectivity index (χ2n) is 8.85. The summed E-state index contributed by atoms with van der Waals surface area (Å²) >= 11 is 0. The highest BCUT2D eigenvalue weighted by Gasteiger charge is 2.44. The Hall–Kier alpha value is -2.92. The third-order valence-corrected chi connectivity index (χ3v) is 8.38. The van der Waals surface area contributed by atoms with Gasteiger partial charge >= 0.3 is 0 Å². The van der Waals surface area contributed by atoms with Crippen molar-refractivity contribution in [2.45, 2.75) is 37.6 Å². The number of ether oxygens (including phenoxy) is 2. The van der Waals surface area contributed by atoms with E-state index in [0.29, 0.717) is 48.0 Å². The first-order valence-electron chi connectivity index (χ1n) is 10.4. The summed E-state index contributed by atoms with van der Waals surface area (Å²) in [6.45, 7) is 6.57. The van der Waals surface area contributed by atoms with Gasteiger partial charge in [0.15, 0.2) is 27.2 Å². The van der Waals surface area contributed by atoms with Crippen LogP contribution in [0.2, 0.25) is 0 Å². The van der Waals surface area contributed by atoms with Crippen molar-refractivity contribution in [2.24, 2.45) is 0 Å². The Bertz CT molecular complexity index is 1320. The summed E-state index contributed by atoms with van der Waals surface area (Å²) in [5.41, 5.74) is 1.21. The van der Waals surface area contributed by atoms with Crippen molar-refractivity contribution in [3.63, 3.8) is 0 Å². The van der Waals surface area contributed by atoms with E-state index in [1.54, 1.807) is 26.1 Å². The highest BCUT2D eigenvalue weighted by molar-refractivity contribution is 7.91. The van der Waals surface area contributed by atoms with Crippen molar-refractivity contribution >= 4 is 26.7 Å². The van der Waals surface area contributed by atoms with Crippen LogP contribution in [-0.2, 0) is 19.3 Å². The summed E-state index contributed by atoms with van der Waals surface area (Å²) < 4.78 is 35.9. The summed E-state index contributed by atoms with van der Waals surface area (Å²) in [6, 6.07) is 1.73. The number of rotatable bonds is 3. The van der Waals surface area contributed by atoms with Crippen LogP contribution in [0.1, 0.15) is 26.5 Å². The fourth-order valence-corrected chi connectivity index (χ4v) is 4.75. The van der Waals surface area contributed by atoms with Gasteiger partial charge < -0.3 is 24.5 Å². The van der Waals surface area contributed by atoms with Gasteiger partial charge in [-0.1, -0.05) is 0 Å². The Kier molecular flexibility index (Phi) is 4.61. The van der Waals surface area contributed by atoms with E-state index >= 15 is 0 Å². The number of pyridine rings is 1. The molecule has 0 radical (unpaired) electrons. The van der Waals surface area contributed by atoms with Gasteiger partial charge in [-0.25, -0.2) is 23.4 Å². The third kappa shape index (κ3) is 3.02. The Labute approximate surface area is 185 Å². The maximum atomic E-state index is 12.8. The molecule has 1 fully saturated rings. The van der Waals surface area contributed by atoms with Crippen molar-refractivity contribution in [3.8, 4) is 22.9 Å². The lowest BCUT2D eigenvalue weighted by molar-refractivity contribution is 0.0482. The van der Waals surface area contributed by atoms with Crippen molar-refractivity contribution in [1.29, 1.82) is 0 Å². The van der Waals surface area contributed by atoms with Gasteiger partial charge in [-0.3, -0.25) is 0 Å². The van der Waals surface area contributed by atoms with Gasteiger partial charge in [0.25, 0.3) is 0 Å². The molecule has 0 saturated carbocycles. The van der Waals surface area contributed by atoms with E-state index in [1.165, 1.54) is 12.5 Å². The van der Waals surface area contributed by atoms with Crippen LogP contribution in [-0.4, -0.2) is 71.6 Å². The quantitative estimate of drug-likeness (QED) is 0.604. The summed E-state index contributed by atoms with van der Waals surface area (Å²) in [5.74, 6) is 0.980. The van der Waals surface area contributed by atoms with E-state index < -0.39 is 14.6 Å². The van der Waals surface area contributed by atoms with Crippen LogP contribution >= 0.6 is 0 Å². The first kappa shape index (κ1) is 21.0. The maximum Gasteiger partial charge on any atom is 0.185 e. The van der Waals surface area contributed by atoms with E-state index in [1.807, 2.05) is 6.92 Å². The third-order valence-electron chi connectivity index (χ3n) is 6.34. The maximum absolute atomic E-state index is 12.8.